The van der Waals surface area contributed by atoms with E-state index in [2.05, 4.69) is 26.1 Å². The summed E-state index contributed by atoms with van der Waals surface area (Å²) in [7, 11) is 0.247. The van der Waals surface area contributed by atoms with Crippen LogP contribution in [0.4, 0.5) is 0 Å². The Morgan fingerprint density at radius 1 is 0.696 bits per heavy atom. The third-order valence-electron chi connectivity index (χ3n) is 4.38. The van der Waals surface area contributed by atoms with Crippen LogP contribution in [0, 0.1) is 0 Å². The molecule has 0 heterocycles. The van der Waals surface area contributed by atoms with Crippen molar-refractivity contribution in [2.24, 2.45) is 0 Å². The Balaban J connectivity index is 3.80. The molecule has 0 rings (SSSR count). The van der Waals surface area contributed by atoms with E-state index >= 15 is 0 Å². The van der Waals surface area contributed by atoms with Crippen molar-refractivity contribution in [3.05, 3.63) is 0 Å². The van der Waals surface area contributed by atoms with Crippen LogP contribution in [-0.4, -0.2) is 16.4 Å². The standard InChI is InChI=1S/C18H40OPS2.Cd/c1-3-5-7-9-11-13-15-17-22(20(19)21)18-16-14-12-10-8-6-4-2;/h19,21H,3-18H2,1-2H3;/q+1;-1. The van der Waals surface area contributed by atoms with E-state index < -0.39 is 2.59 Å². The molecule has 0 fully saturated rings. The molecule has 0 aliphatic carbocycles. The monoisotopic (exact) mass is 481 g/mol. The first-order valence-electron chi connectivity index (χ1n) is 9.89. The van der Waals surface area contributed by atoms with E-state index in [1.165, 1.54) is 101 Å². The number of rotatable bonds is 16. The fourth-order valence-electron chi connectivity index (χ4n) is 2.85. The van der Waals surface area contributed by atoms with Gasteiger partial charge in [-0.2, -0.15) is 0 Å². The van der Waals surface area contributed by atoms with Crippen LogP contribution in [-0.2, 0) is 35.2 Å². The van der Waals surface area contributed by atoms with E-state index in [0.29, 0.717) is 25.2 Å². The summed E-state index contributed by atoms with van der Waals surface area (Å²) < 4.78 is -1.77. The second-order valence-corrected chi connectivity index (χ2v) is 32.3. The predicted molar refractivity (Wildman–Crippen MR) is 111 cm³/mol. The fourth-order valence-corrected chi connectivity index (χ4v) is 15.3. The molecule has 137 valence electrons. The molecule has 1 unspecified atom stereocenters. The molecule has 5 heteroatoms. The van der Waals surface area contributed by atoms with Gasteiger partial charge in [-0.1, -0.05) is 0 Å². The molecule has 1 atom stereocenters. The number of unbranched alkanes of at least 4 members (excludes halogenated alkanes) is 12. The molecule has 0 aromatic carbocycles. The Morgan fingerprint density at radius 2 is 1.00 bits per heavy atom. The molecule has 23 heavy (non-hydrogen) atoms. The Morgan fingerprint density at radius 3 is 1.30 bits per heavy atom. The van der Waals surface area contributed by atoms with E-state index in [-0.39, 0.29) is 10.1 Å². The molecule has 0 radical (unpaired) electrons. The third kappa shape index (κ3) is 17.2. The van der Waals surface area contributed by atoms with Crippen LogP contribution in [0.25, 0.3) is 0 Å². The Kier molecular flexibility index (Phi) is 19.0. The molecular formula is C18H40CdOPS2. The molecular weight excluding hydrogens is 440 g/mol. The zero-order valence-corrected chi connectivity index (χ0v) is 22.4. The minimum atomic E-state index is -1.77. The van der Waals surface area contributed by atoms with E-state index in [1.807, 2.05) is 0 Å². The molecule has 0 saturated heterocycles. The van der Waals surface area contributed by atoms with Gasteiger partial charge in [0.05, 0.1) is 0 Å². The summed E-state index contributed by atoms with van der Waals surface area (Å²) in [5, 5.41) is 0. The molecule has 0 aliphatic heterocycles. The van der Waals surface area contributed by atoms with Crippen molar-refractivity contribution < 1.29 is 30.1 Å². The molecule has 0 aromatic heterocycles. The van der Waals surface area contributed by atoms with Gasteiger partial charge >= 0.3 is 170 Å². The average molecular weight is 480 g/mol. The van der Waals surface area contributed by atoms with Crippen LogP contribution >= 0.6 is 14.8 Å². The SMILES string of the molecule is CCCCCCCCCS(CCCCCCCCC)=[P](O)(S)[Cd]. The van der Waals surface area contributed by atoms with Gasteiger partial charge in [0, 0.05) is 0 Å². The average Bonchev–Trinajstić information content (AvgIpc) is 2.50. The summed E-state index contributed by atoms with van der Waals surface area (Å²) in [6.45, 7) is 4.55. The first-order chi connectivity index (χ1) is 11.0. The predicted octanol–water partition coefficient (Wildman–Crippen LogP) is 7.25. The summed E-state index contributed by atoms with van der Waals surface area (Å²) in [6, 6.07) is 0. The van der Waals surface area contributed by atoms with Crippen molar-refractivity contribution in [3.63, 3.8) is 0 Å². The fraction of sp³-hybridized carbons (Fsp3) is 1.00. The van der Waals surface area contributed by atoms with Gasteiger partial charge in [-0.15, -0.1) is 0 Å². The van der Waals surface area contributed by atoms with Gasteiger partial charge in [0.2, 0.25) is 0 Å². The molecule has 0 aliphatic rings. The van der Waals surface area contributed by atoms with Crippen LogP contribution in [0.2, 0.25) is 0 Å². The maximum absolute atomic E-state index is 10.5. The van der Waals surface area contributed by atoms with Gasteiger partial charge in [-0.25, -0.2) is 0 Å². The van der Waals surface area contributed by atoms with E-state index in [9.17, 15) is 4.89 Å². The molecule has 0 aromatic rings. The molecule has 1 N–H and O–H groups in total. The first kappa shape index (κ1) is 25.0. The van der Waals surface area contributed by atoms with Crippen LogP contribution in [0.5, 0.6) is 0 Å². The quantitative estimate of drug-likeness (QED) is 0.103. The summed E-state index contributed by atoms with van der Waals surface area (Å²) in [4.78, 5) is 10.5. The number of hydrogen-bond acceptors (Lipinski definition) is 0. The van der Waals surface area contributed by atoms with Gasteiger partial charge in [0.25, 0.3) is 0 Å². The van der Waals surface area contributed by atoms with Crippen molar-refractivity contribution in [1.29, 1.82) is 0 Å². The Hall–Kier alpha value is 2.01. The first-order valence-corrected chi connectivity index (χ1v) is 20.6. The van der Waals surface area contributed by atoms with Crippen LogP contribution in [0.1, 0.15) is 104 Å². The topological polar surface area (TPSA) is 20.2 Å². The van der Waals surface area contributed by atoms with Crippen molar-refractivity contribution in [1.82, 2.24) is 0 Å². The summed E-state index contributed by atoms with van der Waals surface area (Å²) in [5.74, 6) is 2.52. The van der Waals surface area contributed by atoms with Gasteiger partial charge in [0.1, 0.15) is 0 Å². The second-order valence-electron chi connectivity index (χ2n) is 6.78. The van der Waals surface area contributed by atoms with Crippen molar-refractivity contribution >= 4 is 24.9 Å². The van der Waals surface area contributed by atoms with Gasteiger partial charge in [0.15, 0.2) is 0 Å². The molecule has 0 amide bonds. The zero-order valence-electron chi connectivity index (χ0n) is 15.8. The zero-order chi connectivity index (χ0) is 17.4. The van der Waals surface area contributed by atoms with Gasteiger partial charge in [-0.05, 0) is 0 Å². The third-order valence-corrected chi connectivity index (χ3v) is 21.8. The molecule has 1 nitrogen and oxygen atoms in total. The van der Waals surface area contributed by atoms with Crippen molar-refractivity contribution in [2.75, 3.05) is 11.5 Å². The van der Waals surface area contributed by atoms with Gasteiger partial charge in [-0.3, -0.25) is 0 Å². The van der Waals surface area contributed by atoms with Crippen LogP contribution in [0.15, 0.2) is 0 Å². The van der Waals surface area contributed by atoms with Crippen molar-refractivity contribution in [2.45, 2.75) is 104 Å². The van der Waals surface area contributed by atoms with Crippen LogP contribution in [0.3, 0.4) is 0 Å². The second kappa shape index (κ2) is 17.4. The Labute approximate surface area is 169 Å². The number of hydrogen-bond donors (Lipinski definition) is 2. The summed E-state index contributed by atoms with van der Waals surface area (Å²) in [6.07, 6.45) is 19.2. The normalized spacial score (nSPS) is 14.4. The van der Waals surface area contributed by atoms with E-state index in [1.54, 1.807) is 0 Å². The minimum absolute atomic E-state index is 0.247. The van der Waals surface area contributed by atoms with Crippen LogP contribution < -0.4 is 0 Å². The molecule has 0 spiro atoms. The summed E-state index contributed by atoms with van der Waals surface area (Å²) >= 11 is 5.29. The maximum atomic E-state index is 10.5. The Bertz CT molecular complexity index is 290. The molecule has 0 saturated carbocycles. The molecule has 0 bridgehead atoms. The summed E-state index contributed by atoms with van der Waals surface area (Å²) in [5.41, 5.74) is 0. The van der Waals surface area contributed by atoms with Gasteiger partial charge < -0.3 is 0 Å². The van der Waals surface area contributed by atoms with E-state index in [0.717, 1.165) is 0 Å². The van der Waals surface area contributed by atoms with Crippen molar-refractivity contribution in [3.8, 4) is 0 Å². The number of thiol groups is 1. The van der Waals surface area contributed by atoms with E-state index in [4.69, 9.17) is 0 Å².